The Morgan fingerprint density at radius 3 is 2.58 bits per heavy atom. The number of rotatable bonds is 7. The van der Waals surface area contributed by atoms with Gasteiger partial charge >= 0.3 is 0 Å². The van der Waals surface area contributed by atoms with E-state index < -0.39 is 6.10 Å². The molecule has 0 bridgehead atoms. The fourth-order valence-corrected chi connectivity index (χ4v) is 1.51. The summed E-state index contributed by atoms with van der Waals surface area (Å²) >= 11 is 0. The van der Waals surface area contributed by atoms with E-state index in [0.717, 1.165) is 11.3 Å². The second-order valence-electron chi connectivity index (χ2n) is 4.52. The highest BCUT2D eigenvalue weighted by atomic mass is 16.5. The van der Waals surface area contributed by atoms with Gasteiger partial charge in [-0.3, -0.25) is 4.79 Å². The van der Waals surface area contributed by atoms with Gasteiger partial charge in [0.05, 0.1) is 6.04 Å². The molecule has 0 aliphatic carbocycles. The average Bonchev–Trinajstić information content (AvgIpc) is 2.43. The van der Waals surface area contributed by atoms with Gasteiger partial charge in [-0.2, -0.15) is 0 Å². The van der Waals surface area contributed by atoms with Crippen molar-refractivity contribution in [3.05, 3.63) is 29.8 Å². The van der Waals surface area contributed by atoms with Crippen LogP contribution >= 0.6 is 0 Å². The summed E-state index contributed by atoms with van der Waals surface area (Å²) in [6, 6.07) is 7.30. The maximum Gasteiger partial charge on any atom is 0.236 e. The van der Waals surface area contributed by atoms with Gasteiger partial charge in [-0.05, 0) is 26.0 Å². The van der Waals surface area contributed by atoms with Crippen LogP contribution in [0.4, 0.5) is 0 Å². The first-order valence-corrected chi connectivity index (χ1v) is 6.35. The molecule has 0 heterocycles. The molecule has 0 radical (unpaired) electrons. The molecule has 0 aliphatic heterocycles. The molecule has 19 heavy (non-hydrogen) atoms. The van der Waals surface area contributed by atoms with Gasteiger partial charge in [0.25, 0.3) is 0 Å². The minimum Gasteiger partial charge on any atom is -0.491 e. The first kappa shape index (κ1) is 15.5. The topological polar surface area (TPSA) is 70.6 Å². The first-order chi connectivity index (χ1) is 9.02. The molecule has 3 N–H and O–H groups in total. The molecule has 0 fully saturated rings. The van der Waals surface area contributed by atoms with Crippen LogP contribution in [0.25, 0.3) is 0 Å². The molecule has 2 atom stereocenters. The Balaban J connectivity index is 2.26. The second-order valence-corrected chi connectivity index (χ2v) is 4.52. The van der Waals surface area contributed by atoms with Crippen molar-refractivity contribution in [3.63, 3.8) is 0 Å². The third kappa shape index (κ3) is 5.72. The molecule has 0 spiro atoms. The zero-order chi connectivity index (χ0) is 14.3. The van der Waals surface area contributed by atoms with Crippen molar-refractivity contribution in [2.75, 3.05) is 20.2 Å². The molecule has 0 saturated carbocycles. The monoisotopic (exact) mass is 266 g/mol. The zero-order valence-electron chi connectivity index (χ0n) is 11.6. The minimum absolute atomic E-state index is 0.105. The number of amides is 1. The molecule has 5 nitrogen and oxygen atoms in total. The van der Waals surface area contributed by atoms with Gasteiger partial charge in [0.15, 0.2) is 0 Å². The zero-order valence-corrected chi connectivity index (χ0v) is 11.6. The summed E-state index contributed by atoms with van der Waals surface area (Å²) in [5, 5.41) is 15.2. The van der Waals surface area contributed by atoms with E-state index >= 15 is 0 Å². The second kappa shape index (κ2) is 7.76. The number of carbonyl (C=O) groups is 1. The van der Waals surface area contributed by atoms with Gasteiger partial charge in [-0.1, -0.05) is 17.7 Å². The molecule has 0 saturated heterocycles. The largest absolute Gasteiger partial charge is 0.491 e. The number of aliphatic hydroxyl groups excluding tert-OH is 1. The maximum atomic E-state index is 11.2. The normalized spacial score (nSPS) is 13.7. The third-order valence-electron chi connectivity index (χ3n) is 2.76. The fraction of sp³-hybridized carbons (Fsp3) is 0.500. The molecule has 1 aromatic carbocycles. The van der Waals surface area contributed by atoms with E-state index in [4.69, 9.17) is 4.74 Å². The van der Waals surface area contributed by atoms with Gasteiger partial charge in [0, 0.05) is 13.6 Å². The van der Waals surface area contributed by atoms with Gasteiger partial charge in [-0.15, -0.1) is 0 Å². The highest BCUT2D eigenvalue weighted by Gasteiger charge is 2.12. The predicted octanol–water partition coefficient (Wildman–Crippen LogP) is 0.459. The number of aliphatic hydroxyl groups is 1. The van der Waals surface area contributed by atoms with Gasteiger partial charge in [0.1, 0.15) is 18.5 Å². The maximum absolute atomic E-state index is 11.2. The molecular formula is C14H22N2O3. The number of benzene rings is 1. The van der Waals surface area contributed by atoms with E-state index in [1.807, 2.05) is 31.2 Å². The molecule has 5 heteroatoms. The fourth-order valence-electron chi connectivity index (χ4n) is 1.51. The molecule has 2 unspecified atom stereocenters. The van der Waals surface area contributed by atoms with Gasteiger partial charge < -0.3 is 20.5 Å². The van der Waals surface area contributed by atoms with E-state index in [1.165, 1.54) is 0 Å². The summed E-state index contributed by atoms with van der Waals surface area (Å²) in [4.78, 5) is 11.2. The average molecular weight is 266 g/mol. The van der Waals surface area contributed by atoms with Crippen LogP contribution in [-0.4, -0.2) is 43.4 Å². The Labute approximate surface area is 114 Å². The van der Waals surface area contributed by atoms with Crippen LogP contribution in [0.1, 0.15) is 12.5 Å². The minimum atomic E-state index is -0.659. The molecule has 1 amide bonds. The van der Waals surface area contributed by atoms with E-state index in [0.29, 0.717) is 6.54 Å². The predicted molar refractivity (Wildman–Crippen MR) is 74.2 cm³/mol. The Morgan fingerprint density at radius 1 is 1.37 bits per heavy atom. The molecule has 1 aromatic rings. The molecular weight excluding hydrogens is 244 g/mol. The third-order valence-corrected chi connectivity index (χ3v) is 2.76. The Bertz CT molecular complexity index is 392. The smallest absolute Gasteiger partial charge is 0.236 e. The Hall–Kier alpha value is -1.59. The lowest BCUT2D eigenvalue weighted by Crippen LogP contribution is -2.44. The van der Waals surface area contributed by atoms with Crippen LogP contribution < -0.4 is 15.4 Å². The quantitative estimate of drug-likeness (QED) is 0.670. The number of nitrogens with one attached hydrogen (secondary N) is 2. The summed E-state index contributed by atoms with van der Waals surface area (Å²) in [5.41, 5.74) is 1.16. The lowest BCUT2D eigenvalue weighted by atomic mass is 10.2. The van der Waals surface area contributed by atoms with E-state index in [-0.39, 0.29) is 18.6 Å². The molecule has 0 aliphatic rings. The van der Waals surface area contributed by atoms with Crippen LogP contribution in [0.3, 0.4) is 0 Å². The Morgan fingerprint density at radius 2 is 2.00 bits per heavy atom. The molecule has 106 valence electrons. The molecule has 0 aromatic heterocycles. The van der Waals surface area contributed by atoms with Gasteiger partial charge in [0.2, 0.25) is 5.91 Å². The lowest BCUT2D eigenvalue weighted by Gasteiger charge is -2.16. The van der Waals surface area contributed by atoms with Crippen molar-refractivity contribution >= 4 is 5.91 Å². The summed E-state index contributed by atoms with van der Waals surface area (Å²) in [6.07, 6.45) is -0.659. The summed E-state index contributed by atoms with van der Waals surface area (Å²) in [6.45, 7) is 4.24. The first-order valence-electron chi connectivity index (χ1n) is 6.35. The van der Waals surface area contributed by atoms with Crippen LogP contribution in [0.5, 0.6) is 5.75 Å². The van der Waals surface area contributed by atoms with Crippen molar-refractivity contribution in [3.8, 4) is 5.75 Å². The van der Waals surface area contributed by atoms with Crippen molar-refractivity contribution < 1.29 is 14.6 Å². The van der Waals surface area contributed by atoms with Crippen molar-refractivity contribution in [2.45, 2.75) is 26.0 Å². The van der Waals surface area contributed by atoms with Crippen molar-refractivity contribution in [1.29, 1.82) is 0 Å². The number of aryl methyl sites for hydroxylation is 1. The Kier molecular flexibility index (Phi) is 6.32. The number of hydrogen-bond acceptors (Lipinski definition) is 4. The number of hydrogen-bond donors (Lipinski definition) is 3. The standard InChI is InChI=1S/C14H22N2O3/c1-10-4-6-13(7-5-10)19-9-12(17)8-16-11(2)14(18)15-3/h4-7,11-12,16-17H,8-9H2,1-3H3,(H,15,18). The highest BCUT2D eigenvalue weighted by Crippen LogP contribution is 2.11. The number of carbonyl (C=O) groups excluding carboxylic acids is 1. The molecule has 1 rings (SSSR count). The number of ether oxygens (including phenoxy) is 1. The SMILES string of the molecule is CNC(=O)C(C)NCC(O)COc1ccc(C)cc1. The van der Waals surface area contributed by atoms with E-state index in [1.54, 1.807) is 14.0 Å². The lowest BCUT2D eigenvalue weighted by molar-refractivity contribution is -0.122. The van der Waals surface area contributed by atoms with Crippen LogP contribution in [0, 0.1) is 6.92 Å². The van der Waals surface area contributed by atoms with Crippen molar-refractivity contribution in [2.24, 2.45) is 0 Å². The van der Waals surface area contributed by atoms with Crippen LogP contribution in [0.2, 0.25) is 0 Å². The summed E-state index contributed by atoms with van der Waals surface area (Å²) in [7, 11) is 1.58. The summed E-state index contributed by atoms with van der Waals surface area (Å²) < 4.78 is 5.45. The van der Waals surface area contributed by atoms with E-state index in [2.05, 4.69) is 10.6 Å². The van der Waals surface area contributed by atoms with Gasteiger partial charge in [-0.25, -0.2) is 0 Å². The number of likely N-dealkylation sites (N-methyl/N-ethyl adjacent to an activating group) is 1. The van der Waals surface area contributed by atoms with Crippen LogP contribution in [0.15, 0.2) is 24.3 Å². The summed E-state index contributed by atoms with van der Waals surface area (Å²) in [5.74, 6) is 0.621. The van der Waals surface area contributed by atoms with E-state index in [9.17, 15) is 9.90 Å². The highest BCUT2D eigenvalue weighted by molar-refractivity contribution is 5.80. The van der Waals surface area contributed by atoms with Crippen LogP contribution in [-0.2, 0) is 4.79 Å². The van der Waals surface area contributed by atoms with Crippen molar-refractivity contribution in [1.82, 2.24) is 10.6 Å².